The van der Waals surface area contributed by atoms with Gasteiger partial charge in [-0.05, 0) is 78.8 Å². The van der Waals surface area contributed by atoms with E-state index in [1.54, 1.807) is 0 Å². The molecule has 2 nitrogen and oxygen atoms in total. The Bertz CT molecular complexity index is 2740. The second kappa shape index (κ2) is 9.69. The van der Waals surface area contributed by atoms with E-state index < -0.39 is 0 Å². The molecule has 0 fully saturated rings. The smallest absolute Gasteiger partial charge is 0.179 e. The topological polar surface area (TPSA) is 26.3 Å². The first-order valence-electron chi connectivity index (χ1n) is 15.7. The van der Waals surface area contributed by atoms with Crippen LogP contribution in [0.25, 0.3) is 98.8 Å². The van der Waals surface area contributed by atoms with Gasteiger partial charge in [-0.1, -0.05) is 133 Å². The van der Waals surface area contributed by atoms with E-state index in [0.29, 0.717) is 0 Å². The lowest BCUT2D eigenvalue weighted by Crippen LogP contribution is -1.91. The van der Waals surface area contributed by atoms with Crippen LogP contribution >= 0.6 is 0 Å². The average molecular weight is 587 g/mol. The van der Waals surface area contributed by atoms with E-state index in [-0.39, 0.29) is 0 Å². The first kappa shape index (κ1) is 25.2. The molecule has 2 heteroatoms. The Morgan fingerprint density at radius 2 is 0.957 bits per heavy atom. The highest BCUT2D eigenvalue weighted by molar-refractivity contribution is 6.28. The maximum Gasteiger partial charge on any atom is 0.179 e. The number of hydrogen-bond acceptors (Lipinski definition) is 2. The van der Waals surface area contributed by atoms with Crippen LogP contribution in [0.4, 0.5) is 0 Å². The third-order valence-corrected chi connectivity index (χ3v) is 9.43. The third-order valence-electron chi connectivity index (χ3n) is 9.43. The van der Waals surface area contributed by atoms with Crippen molar-refractivity contribution in [2.45, 2.75) is 0 Å². The summed E-state index contributed by atoms with van der Waals surface area (Å²) in [4.78, 5) is 0. The minimum Gasteiger partial charge on any atom is -0.452 e. The van der Waals surface area contributed by atoms with Crippen molar-refractivity contribution in [1.82, 2.24) is 0 Å². The van der Waals surface area contributed by atoms with Gasteiger partial charge in [-0.3, -0.25) is 0 Å². The van der Waals surface area contributed by atoms with E-state index in [1.165, 1.54) is 49.0 Å². The molecule has 0 atom stereocenters. The number of furan rings is 2. The van der Waals surface area contributed by atoms with Gasteiger partial charge in [0.15, 0.2) is 11.2 Å². The first-order valence-corrected chi connectivity index (χ1v) is 15.7. The van der Waals surface area contributed by atoms with Gasteiger partial charge < -0.3 is 8.83 Å². The van der Waals surface area contributed by atoms with Crippen LogP contribution < -0.4 is 0 Å². The van der Waals surface area contributed by atoms with Crippen molar-refractivity contribution in [1.29, 1.82) is 0 Å². The summed E-state index contributed by atoms with van der Waals surface area (Å²) in [6, 6.07) is 56.1. The van der Waals surface area contributed by atoms with Gasteiger partial charge in [0.1, 0.15) is 11.3 Å². The summed E-state index contributed by atoms with van der Waals surface area (Å²) in [5.74, 6) is 0.830. The summed E-state index contributed by atoms with van der Waals surface area (Å²) in [5, 5.41) is 10.5. The summed E-state index contributed by atoms with van der Waals surface area (Å²) in [6.45, 7) is 0. The van der Waals surface area contributed by atoms with Crippen molar-refractivity contribution in [3.63, 3.8) is 0 Å². The van der Waals surface area contributed by atoms with Crippen molar-refractivity contribution in [3.05, 3.63) is 158 Å². The molecule has 0 unspecified atom stereocenters. The van der Waals surface area contributed by atoms with Gasteiger partial charge in [-0.25, -0.2) is 0 Å². The van der Waals surface area contributed by atoms with E-state index in [0.717, 1.165) is 49.8 Å². The van der Waals surface area contributed by atoms with Crippen LogP contribution in [-0.2, 0) is 0 Å². The third kappa shape index (κ3) is 3.65. The van der Waals surface area contributed by atoms with Gasteiger partial charge in [0, 0.05) is 21.7 Å². The molecule has 0 aliphatic carbocycles. The second-order valence-electron chi connectivity index (χ2n) is 12.0. The lowest BCUT2D eigenvalue weighted by molar-refractivity contribution is 0.611. The van der Waals surface area contributed by atoms with Crippen LogP contribution in [0, 0.1) is 0 Å². The summed E-state index contributed by atoms with van der Waals surface area (Å²) >= 11 is 0. The Balaban J connectivity index is 1.36. The van der Waals surface area contributed by atoms with E-state index in [2.05, 4.69) is 127 Å². The van der Waals surface area contributed by atoms with E-state index in [9.17, 15) is 0 Å². The molecule has 8 aromatic carbocycles. The molecule has 0 bridgehead atoms. The molecular formula is C44H26O2. The normalized spacial score (nSPS) is 11.9. The molecule has 46 heavy (non-hydrogen) atoms. The summed E-state index contributed by atoms with van der Waals surface area (Å²) in [5.41, 5.74) is 8.27. The Morgan fingerprint density at radius 3 is 1.70 bits per heavy atom. The molecule has 10 rings (SSSR count). The van der Waals surface area contributed by atoms with Crippen molar-refractivity contribution in [2.24, 2.45) is 0 Å². The first-order chi connectivity index (χ1) is 22.8. The van der Waals surface area contributed by atoms with Gasteiger partial charge >= 0.3 is 0 Å². The van der Waals surface area contributed by atoms with Crippen LogP contribution in [0.15, 0.2) is 167 Å². The van der Waals surface area contributed by atoms with Gasteiger partial charge in [-0.2, -0.15) is 0 Å². The quantitative estimate of drug-likeness (QED) is 0.193. The van der Waals surface area contributed by atoms with Gasteiger partial charge in [0.25, 0.3) is 0 Å². The molecule has 0 aliphatic rings. The Hall–Kier alpha value is -6.12. The fourth-order valence-electron chi connectivity index (χ4n) is 7.41. The molecule has 0 saturated carbocycles. The monoisotopic (exact) mass is 586 g/mol. The lowest BCUT2D eigenvalue weighted by atomic mass is 9.84. The zero-order valence-corrected chi connectivity index (χ0v) is 24.8. The number of rotatable bonds is 3. The number of benzene rings is 8. The summed E-state index contributed by atoms with van der Waals surface area (Å²) < 4.78 is 13.2. The fraction of sp³-hybridized carbons (Fsp3) is 0. The van der Waals surface area contributed by atoms with E-state index in [4.69, 9.17) is 8.83 Å². The van der Waals surface area contributed by atoms with Gasteiger partial charge in [0.05, 0.1) is 0 Å². The molecule has 0 amide bonds. The van der Waals surface area contributed by atoms with Crippen LogP contribution in [0.1, 0.15) is 0 Å². The summed E-state index contributed by atoms with van der Waals surface area (Å²) in [6.07, 6.45) is 0. The predicted molar refractivity (Wildman–Crippen MR) is 192 cm³/mol. The number of hydrogen-bond donors (Lipinski definition) is 0. The van der Waals surface area contributed by atoms with Crippen molar-refractivity contribution in [2.75, 3.05) is 0 Å². The largest absolute Gasteiger partial charge is 0.452 e. The Morgan fingerprint density at radius 1 is 0.348 bits per heavy atom. The van der Waals surface area contributed by atoms with E-state index in [1.807, 2.05) is 30.3 Å². The lowest BCUT2D eigenvalue weighted by Gasteiger charge is -2.18. The molecule has 2 aromatic heterocycles. The zero-order chi connectivity index (χ0) is 30.2. The Kier molecular flexibility index (Phi) is 5.31. The van der Waals surface area contributed by atoms with Crippen LogP contribution in [0.2, 0.25) is 0 Å². The highest BCUT2D eigenvalue weighted by Crippen LogP contribution is 2.49. The van der Waals surface area contributed by atoms with Crippen molar-refractivity contribution < 1.29 is 8.83 Å². The average Bonchev–Trinajstić information content (AvgIpc) is 3.73. The molecule has 10 aromatic rings. The summed E-state index contributed by atoms with van der Waals surface area (Å²) in [7, 11) is 0. The van der Waals surface area contributed by atoms with Crippen LogP contribution in [0.5, 0.6) is 0 Å². The zero-order valence-electron chi connectivity index (χ0n) is 24.8. The molecule has 0 spiro atoms. The Labute approximate surface area is 264 Å². The van der Waals surface area contributed by atoms with E-state index >= 15 is 0 Å². The van der Waals surface area contributed by atoms with Gasteiger partial charge in [-0.15, -0.1) is 0 Å². The molecule has 0 saturated heterocycles. The molecular weight excluding hydrogens is 560 g/mol. The van der Waals surface area contributed by atoms with Crippen molar-refractivity contribution >= 4 is 65.2 Å². The maximum absolute atomic E-state index is 6.64. The molecule has 0 N–H and O–H groups in total. The number of para-hydroxylation sites is 1. The van der Waals surface area contributed by atoms with Crippen LogP contribution in [-0.4, -0.2) is 0 Å². The fourth-order valence-corrected chi connectivity index (χ4v) is 7.41. The van der Waals surface area contributed by atoms with Gasteiger partial charge in [0.2, 0.25) is 0 Å². The number of fused-ring (bicyclic) bond motifs is 8. The SMILES string of the molecule is c1ccc(-c2cc3cc(-c4c5ccccc5c(-c5ccc6ccccc6c5)c5ccccc45)c4c5ccccc5oc4c3o2)cc1. The highest BCUT2D eigenvalue weighted by atomic mass is 16.4. The molecule has 0 radical (unpaired) electrons. The molecule has 0 aliphatic heterocycles. The second-order valence-corrected chi connectivity index (χ2v) is 12.0. The minimum absolute atomic E-state index is 0.773. The highest BCUT2D eigenvalue weighted by Gasteiger charge is 2.23. The maximum atomic E-state index is 6.64. The van der Waals surface area contributed by atoms with Crippen LogP contribution in [0.3, 0.4) is 0 Å². The standard InChI is InChI=1S/C44H26O2/c1-2-13-28(14-3-1)39-26-31-25-37(42-36-20-10-11-21-38(36)45-44(42)43(31)46-39)41-34-18-8-6-16-32(34)40(33-17-7-9-19-35(33)41)30-23-22-27-12-4-5-15-29(27)24-30/h1-26H. The molecule has 214 valence electrons. The predicted octanol–water partition coefficient (Wildman–Crippen LogP) is 12.8. The minimum atomic E-state index is 0.773. The van der Waals surface area contributed by atoms with Crippen molar-refractivity contribution in [3.8, 4) is 33.6 Å². The molecule has 2 heterocycles.